The summed E-state index contributed by atoms with van der Waals surface area (Å²) in [5.74, 6) is -3.27. The lowest BCUT2D eigenvalue weighted by Gasteiger charge is -2.45. The molecule has 0 amide bonds. The molecule has 2 unspecified atom stereocenters. The van der Waals surface area contributed by atoms with E-state index in [2.05, 4.69) is 5.32 Å². The Bertz CT molecular complexity index is 222. The maximum Gasteiger partial charge on any atom is 0.261 e. The third-order valence-corrected chi connectivity index (χ3v) is 3.83. The molecule has 1 aliphatic heterocycles. The van der Waals surface area contributed by atoms with Gasteiger partial charge in [0.05, 0.1) is 12.0 Å². The van der Waals surface area contributed by atoms with E-state index in [9.17, 15) is 13.9 Å². The predicted octanol–water partition coefficient (Wildman–Crippen LogP) is 1.39. The van der Waals surface area contributed by atoms with E-state index in [1.165, 1.54) is 0 Å². The molecule has 2 bridgehead atoms. The van der Waals surface area contributed by atoms with Gasteiger partial charge in [-0.25, -0.2) is 8.78 Å². The average Bonchev–Trinajstić information content (AvgIpc) is 2.27. The van der Waals surface area contributed by atoms with Gasteiger partial charge >= 0.3 is 0 Å². The molecule has 1 heterocycles. The Balaban J connectivity index is 2.32. The normalized spacial score (nSPS) is 41.8. The first-order valence-electron chi connectivity index (χ1n) is 5.32. The minimum Gasteiger partial charge on any atom is -0.396 e. The SMILES string of the molecule is OCC12CCCCC(CNC1)C2(F)F. The molecule has 1 saturated heterocycles. The van der Waals surface area contributed by atoms with E-state index >= 15 is 0 Å². The molecular weight excluding hydrogens is 188 g/mol. The van der Waals surface area contributed by atoms with Crippen LogP contribution in [-0.4, -0.2) is 30.7 Å². The zero-order valence-electron chi connectivity index (χ0n) is 8.23. The number of nitrogens with one attached hydrogen (secondary N) is 1. The van der Waals surface area contributed by atoms with E-state index in [0.717, 1.165) is 12.8 Å². The summed E-state index contributed by atoms with van der Waals surface area (Å²) < 4.78 is 28.1. The highest BCUT2D eigenvalue weighted by molar-refractivity contribution is 5.03. The lowest BCUT2D eigenvalue weighted by atomic mass is 9.71. The van der Waals surface area contributed by atoms with Crippen molar-refractivity contribution < 1.29 is 13.9 Å². The van der Waals surface area contributed by atoms with E-state index in [4.69, 9.17) is 0 Å². The third-order valence-electron chi connectivity index (χ3n) is 3.83. The first kappa shape index (κ1) is 10.3. The minimum atomic E-state index is -2.69. The monoisotopic (exact) mass is 205 g/mol. The van der Waals surface area contributed by atoms with E-state index < -0.39 is 23.9 Å². The van der Waals surface area contributed by atoms with Gasteiger partial charge in [0, 0.05) is 19.0 Å². The number of piperidine rings is 1. The van der Waals surface area contributed by atoms with Crippen molar-refractivity contribution in [1.82, 2.24) is 5.32 Å². The second kappa shape index (κ2) is 3.42. The van der Waals surface area contributed by atoms with Gasteiger partial charge in [-0.05, 0) is 12.8 Å². The quantitative estimate of drug-likeness (QED) is 0.678. The molecule has 2 aliphatic rings. The fraction of sp³-hybridized carbons (Fsp3) is 1.00. The average molecular weight is 205 g/mol. The van der Waals surface area contributed by atoms with Gasteiger partial charge in [0.25, 0.3) is 5.92 Å². The summed E-state index contributed by atoms with van der Waals surface area (Å²) in [7, 11) is 0. The lowest BCUT2D eigenvalue weighted by Crippen LogP contribution is -2.60. The van der Waals surface area contributed by atoms with Crippen LogP contribution in [0.3, 0.4) is 0 Å². The van der Waals surface area contributed by atoms with E-state index in [1.807, 2.05) is 0 Å². The molecule has 0 radical (unpaired) electrons. The van der Waals surface area contributed by atoms with Gasteiger partial charge in [-0.15, -0.1) is 0 Å². The van der Waals surface area contributed by atoms with Crippen LogP contribution in [0.5, 0.6) is 0 Å². The van der Waals surface area contributed by atoms with Gasteiger partial charge < -0.3 is 10.4 Å². The molecule has 82 valence electrons. The van der Waals surface area contributed by atoms with Crippen LogP contribution in [0.25, 0.3) is 0 Å². The van der Waals surface area contributed by atoms with Gasteiger partial charge in [0.1, 0.15) is 0 Å². The summed E-state index contributed by atoms with van der Waals surface area (Å²) in [6.45, 7) is 0.255. The summed E-state index contributed by atoms with van der Waals surface area (Å²) >= 11 is 0. The summed E-state index contributed by atoms with van der Waals surface area (Å²) in [6, 6.07) is 0. The van der Waals surface area contributed by atoms with E-state index in [0.29, 0.717) is 19.4 Å². The summed E-state index contributed by atoms with van der Waals surface area (Å²) in [5, 5.41) is 12.3. The van der Waals surface area contributed by atoms with Crippen molar-refractivity contribution in [2.45, 2.75) is 31.6 Å². The number of aliphatic hydroxyl groups is 1. The van der Waals surface area contributed by atoms with Crippen molar-refractivity contribution >= 4 is 0 Å². The van der Waals surface area contributed by atoms with E-state index in [1.54, 1.807) is 0 Å². The predicted molar refractivity (Wildman–Crippen MR) is 49.3 cm³/mol. The maximum absolute atomic E-state index is 14.0. The summed E-state index contributed by atoms with van der Waals surface area (Å²) in [6.07, 6.45) is 2.71. The van der Waals surface area contributed by atoms with Crippen LogP contribution in [0.4, 0.5) is 8.78 Å². The number of halogens is 2. The van der Waals surface area contributed by atoms with Gasteiger partial charge in [-0.1, -0.05) is 12.8 Å². The molecule has 1 saturated carbocycles. The smallest absolute Gasteiger partial charge is 0.261 e. The molecule has 0 aromatic carbocycles. The first-order chi connectivity index (χ1) is 6.62. The molecule has 0 spiro atoms. The molecule has 14 heavy (non-hydrogen) atoms. The van der Waals surface area contributed by atoms with Crippen molar-refractivity contribution in [2.75, 3.05) is 19.7 Å². The van der Waals surface area contributed by atoms with Crippen LogP contribution >= 0.6 is 0 Å². The Morgan fingerprint density at radius 3 is 2.86 bits per heavy atom. The Hall–Kier alpha value is -0.220. The molecule has 1 aliphatic carbocycles. The Kier molecular flexibility index (Phi) is 2.52. The zero-order valence-corrected chi connectivity index (χ0v) is 8.23. The third kappa shape index (κ3) is 1.27. The first-order valence-corrected chi connectivity index (χ1v) is 5.32. The molecular formula is C10H17F2NO. The van der Waals surface area contributed by atoms with Crippen LogP contribution in [0, 0.1) is 11.3 Å². The maximum atomic E-state index is 14.0. The highest BCUT2D eigenvalue weighted by Gasteiger charge is 2.59. The largest absolute Gasteiger partial charge is 0.396 e. The number of hydrogen-bond acceptors (Lipinski definition) is 2. The molecule has 4 heteroatoms. The molecule has 2 fully saturated rings. The summed E-state index contributed by atoms with van der Waals surface area (Å²) in [5.41, 5.74) is -1.19. The van der Waals surface area contributed by atoms with Crippen molar-refractivity contribution in [2.24, 2.45) is 11.3 Å². The second-order valence-corrected chi connectivity index (χ2v) is 4.64. The Labute approximate surface area is 82.7 Å². The molecule has 2 nitrogen and oxygen atoms in total. The molecule has 2 atom stereocenters. The molecule has 0 aromatic rings. The number of aliphatic hydroxyl groups excluding tert-OH is 1. The topological polar surface area (TPSA) is 32.3 Å². The van der Waals surface area contributed by atoms with Gasteiger partial charge in [-0.3, -0.25) is 0 Å². The number of hydrogen-bond donors (Lipinski definition) is 2. The molecule has 0 aromatic heterocycles. The molecule has 2 rings (SSSR count). The number of rotatable bonds is 1. The lowest BCUT2D eigenvalue weighted by molar-refractivity contribution is -0.192. The van der Waals surface area contributed by atoms with E-state index in [-0.39, 0.29) is 6.54 Å². The van der Waals surface area contributed by atoms with Crippen molar-refractivity contribution in [3.8, 4) is 0 Å². The molecule has 2 N–H and O–H groups in total. The van der Waals surface area contributed by atoms with Crippen LogP contribution < -0.4 is 5.32 Å². The number of alkyl halides is 2. The van der Waals surface area contributed by atoms with Gasteiger partial charge in [-0.2, -0.15) is 0 Å². The van der Waals surface area contributed by atoms with Crippen LogP contribution in [0.2, 0.25) is 0 Å². The van der Waals surface area contributed by atoms with Crippen molar-refractivity contribution in [3.05, 3.63) is 0 Å². The van der Waals surface area contributed by atoms with Gasteiger partial charge in [0.2, 0.25) is 0 Å². The van der Waals surface area contributed by atoms with Crippen LogP contribution in [-0.2, 0) is 0 Å². The van der Waals surface area contributed by atoms with Crippen LogP contribution in [0.1, 0.15) is 25.7 Å². The van der Waals surface area contributed by atoms with Crippen molar-refractivity contribution in [1.29, 1.82) is 0 Å². The fourth-order valence-corrected chi connectivity index (χ4v) is 2.80. The van der Waals surface area contributed by atoms with Gasteiger partial charge in [0.15, 0.2) is 0 Å². The van der Waals surface area contributed by atoms with Crippen molar-refractivity contribution in [3.63, 3.8) is 0 Å². The highest BCUT2D eigenvalue weighted by atomic mass is 19.3. The minimum absolute atomic E-state index is 0.257. The second-order valence-electron chi connectivity index (χ2n) is 4.64. The summed E-state index contributed by atoms with van der Waals surface area (Å²) in [4.78, 5) is 0. The Morgan fingerprint density at radius 2 is 2.14 bits per heavy atom. The Morgan fingerprint density at radius 1 is 1.36 bits per heavy atom. The van der Waals surface area contributed by atoms with Crippen LogP contribution in [0.15, 0.2) is 0 Å². The fourth-order valence-electron chi connectivity index (χ4n) is 2.80. The standard InChI is InChI=1S/C10H17F2NO/c11-10(12)8-3-1-2-4-9(10,7-14)6-13-5-8/h8,13-14H,1-7H2. The zero-order chi connectivity index (χ0) is 10.2. The number of fused-ring (bicyclic) bond motifs is 2. The highest BCUT2D eigenvalue weighted by Crippen LogP contribution is 2.50.